The lowest BCUT2D eigenvalue weighted by Crippen LogP contribution is -2.40. The van der Waals surface area contributed by atoms with Crippen LogP contribution in [-0.2, 0) is 16.1 Å². The van der Waals surface area contributed by atoms with Gasteiger partial charge < -0.3 is 20.7 Å². The number of amides is 2. The van der Waals surface area contributed by atoms with Gasteiger partial charge in [0.25, 0.3) is 0 Å². The first kappa shape index (κ1) is 24.0. The molecular weight excluding hydrogens is 375 g/mol. The number of rotatable bonds is 7. The normalized spacial score (nSPS) is 10.7. The molecule has 0 aliphatic rings. The molecule has 0 radical (unpaired) electrons. The highest BCUT2D eigenvalue weighted by atomic mass is 35.5. The predicted octanol–water partition coefficient (Wildman–Crippen LogP) is 1.70. The topological polar surface area (TPSA) is 84.7 Å². The largest absolute Gasteiger partial charge is 0.484 e. The van der Waals surface area contributed by atoms with Crippen LogP contribution in [0.2, 0.25) is 0 Å². The van der Waals surface area contributed by atoms with Crippen molar-refractivity contribution in [1.82, 2.24) is 10.2 Å². The molecule has 1 aromatic rings. The van der Waals surface area contributed by atoms with Gasteiger partial charge in [0.2, 0.25) is 11.8 Å². The number of likely N-dealkylation sites (N-methyl/N-ethyl adjacent to an activating group) is 1. The Kier molecular flexibility index (Phi) is 9.44. The second-order valence-corrected chi connectivity index (χ2v) is 5.69. The lowest BCUT2D eigenvalue weighted by Gasteiger charge is -2.20. The van der Waals surface area contributed by atoms with E-state index in [1.54, 1.807) is 33.0 Å². The Morgan fingerprint density at radius 3 is 2.23 bits per heavy atom. The van der Waals surface area contributed by atoms with Crippen molar-refractivity contribution in [3.63, 3.8) is 0 Å². The van der Waals surface area contributed by atoms with E-state index in [4.69, 9.17) is 10.5 Å². The zero-order valence-corrected chi connectivity index (χ0v) is 15.6. The number of hydrogen-bond acceptors (Lipinski definition) is 4. The van der Waals surface area contributed by atoms with Gasteiger partial charge in [-0.05, 0) is 30.5 Å². The van der Waals surface area contributed by atoms with Crippen molar-refractivity contribution in [2.75, 3.05) is 26.7 Å². The molecule has 1 aromatic carbocycles. The Morgan fingerprint density at radius 1 is 1.23 bits per heavy atom. The Bertz CT molecular complexity index is 616. The van der Waals surface area contributed by atoms with Crippen LogP contribution in [0.1, 0.15) is 16.7 Å². The number of carbonyl (C=O) groups excluding carboxylic acids is 2. The summed E-state index contributed by atoms with van der Waals surface area (Å²) in [7, 11) is 1.57. The van der Waals surface area contributed by atoms with E-state index in [1.165, 1.54) is 4.90 Å². The number of carbonyl (C=O) groups is 2. The molecule has 0 saturated carbocycles. The van der Waals surface area contributed by atoms with Crippen molar-refractivity contribution >= 4 is 24.2 Å². The molecule has 0 aliphatic carbocycles. The molecule has 0 bridgehead atoms. The van der Waals surface area contributed by atoms with Crippen LogP contribution in [0.3, 0.4) is 0 Å². The minimum Gasteiger partial charge on any atom is -0.484 e. The third kappa shape index (κ3) is 7.92. The van der Waals surface area contributed by atoms with Crippen LogP contribution in [0.4, 0.5) is 13.2 Å². The molecule has 3 N–H and O–H groups in total. The summed E-state index contributed by atoms with van der Waals surface area (Å²) < 4.78 is 41.7. The molecule has 2 amide bonds. The molecule has 1 rings (SSSR count). The number of halogens is 4. The van der Waals surface area contributed by atoms with E-state index in [0.717, 1.165) is 5.56 Å². The number of alkyl halides is 3. The lowest BCUT2D eigenvalue weighted by atomic mass is 10.1. The van der Waals surface area contributed by atoms with Crippen LogP contribution < -0.4 is 15.8 Å². The summed E-state index contributed by atoms with van der Waals surface area (Å²) in [5.74, 6) is -0.556. The van der Waals surface area contributed by atoms with Crippen molar-refractivity contribution < 1.29 is 27.5 Å². The predicted molar refractivity (Wildman–Crippen MR) is 93.3 cm³/mol. The average Bonchev–Trinajstić information content (AvgIpc) is 2.50. The van der Waals surface area contributed by atoms with Crippen molar-refractivity contribution in [3.05, 3.63) is 28.8 Å². The summed E-state index contributed by atoms with van der Waals surface area (Å²) in [6.07, 6.45) is -4.40. The van der Waals surface area contributed by atoms with Crippen LogP contribution in [0.5, 0.6) is 5.75 Å². The highest BCUT2D eigenvalue weighted by Crippen LogP contribution is 2.27. The summed E-state index contributed by atoms with van der Waals surface area (Å²) in [5, 5.41) is 2.38. The minimum absolute atomic E-state index is 0. The Labute approximate surface area is 156 Å². The third-order valence-electron chi connectivity index (χ3n) is 3.37. The van der Waals surface area contributed by atoms with Crippen molar-refractivity contribution in [2.45, 2.75) is 26.6 Å². The van der Waals surface area contributed by atoms with Gasteiger partial charge in [-0.1, -0.05) is 12.1 Å². The summed E-state index contributed by atoms with van der Waals surface area (Å²) in [4.78, 5) is 24.4. The monoisotopic (exact) mass is 397 g/mol. The maximum Gasteiger partial charge on any atom is 0.422 e. The van der Waals surface area contributed by atoms with E-state index in [-0.39, 0.29) is 43.7 Å². The summed E-state index contributed by atoms with van der Waals surface area (Å²) in [6.45, 7) is 1.81. The van der Waals surface area contributed by atoms with Gasteiger partial charge in [-0.3, -0.25) is 9.59 Å². The summed E-state index contributed by atoms with van der Waals surface area (Å²) in [6, 6.07) is 3.34. The van der Waals surface area contributed by atoms with Gasteiger partial charge in [0.1, 0.15) is 5.75 Å². The van der Waals surface area contributed by atoms with Gasteiger partial charge in [-0.2, -0.15) is 13.2 Å². The number of benzene rings is 1. The maximum atomic E-state index is 12.3. The minimum atomic E-state index is -4.40. The highest BCUT2D eigenvalue weighted by Gasteiger charge is 2.29. The Balaban J connectivity index is 0.00000625. The third-order valence-corrected chi connectivity index (χ3v) is 3.37. The van der Waals surface area contributed by atoms with Crippen LogP contribution in [0.25, 0.3) is 0 Å². The van der Waals surface area contributed by atoms with Gasteiger partial charge in [0, 0.05) is 13.6 Å². The first-order valence-electron chi connectivity index (χ1n) is 7.54. The highest BCUT2D eigenvalue weighted by molar-refractivity contribution is 5.85. The number of hydrogen-bond donors (Lipinski definition) is 2. The van der Waals surface area contributed by atoms with Crippen molar-refractivity contribution in [2.24, 2.45) is 5.73 Å². The number of nitrogens with zero attached hydrogens (tertiary/aromatic N) is 1. The number of ether oxygens (including phenoxy) is 1. The number of nitrogens with two attached hydrogens (primary N) is 1. The first-order valence-corrected chi connectivity index (χ1v) is 7.54. The molecule has 148 valence electrons. The van der Waals surface area contributed by atoms with Crippen LogP contribution >= 0.6 is 12.4 Å². The molecule has 0 saturated heterocycles. The molecule has 0 fully saturated rings. The number of aryl methyl sites for hydroxylation is 2. The smallest absolute Gasteiger partial charge is 0.422 e. The summed E-state index contributed by atoms with van der Waals surface area (Å²) in [5.41, 5.74) is 6.99. The van der Waals surface area contributed by atoms with Crippen molar-refractivity contribution in [3.8, 4) is 5.75 Å². The zero-order valence-electron chi connectivity index (χ0n) is 14.8. The van der Waals surface area contributed by atoms with E-state index in [2.05, 4.69) is 5.32 Å². The Morgan fingerprint density at radius 2 is 1.77 bits per heavy atom. The molecule has 0 aromatic heterocycles. The quantitative estimate of drug-likeness (QED) is 0.733. The van der Waals surface area contributed by atoms with Crippen LogP contribution in [-0.4, -0.2) is 49.6 Å². The number of nitrogens with one attached hydrogen (secondary N) is 1. The molecule has 0 unspecified atom stereocenters. The average molecular weight is 398 g/mol. The van der Waals surface area contributed by atoms with E-state index < -0.39 is 18.7 Å². The Hall–Kier alpha value is -2.00. The maximum absolute atomic E-state index is 12.3. The van der Waals surface area contributed by atoms with Gasteiger partial charge in [-0.15, -0.1) is 12.4 Å². The lowest BCUT2D eigenvalue weighted by molar-refractivity contribution is -0.153. The molecule has 0 aliphatic heterocycles. The first-order chi connectivity index (χ1) is 11.5. The molecule has 6 nitrogen and oxygen atoms in total. The SMILES string of the molecule is Cc1cc(CN(C)C(=O)CNC(=O)CN)cc(C)c1OCC(F)(F)F.Cl. The second kappa shape index (κ2) is 10.2. The second-order valence-electron chi connectivity index (χ2n) is 5.69. The van der Waals surface area contributed by atoms with E-state index in [9.17, 15) is 22.8 Å². The van der Waals surface area contributed by atoms with E-state index >= 15 is 0 Å². The van der Waals surface area contributed by atoms with Gasteiger partial charge >= 0.3 is 6.18 Å². The van der Waals surface area contributed by atoms with Gasteiger partial charge in [0.05, 0.1) is 13.1 Å². The molecular formula is C16H23ClF3N3O3. The fraction of sp³-hybridized carbons (Fsp3) is 0.500. The molecule has 0 atom stereocenters. The summed E-state index contributed by atoms with van der Waals surface area (Å²) >= 11 is 0. The van der Waals surface area contributed by atoms with Crippen LogP contribution in [0.15, 0.2) is 12.1 Å². The molecule has 10 heteroatoms. The fourth-order valence-electron chi connectivity index (χ4n) is 2.26. The standard InChI is InChI=1S/C16H22F3N3O3.ClH/c1-10-4-12(5-11(2)15(10)25-9-16(17,18)19)8-22(3)14(24)7-21-13(23)6-20;/h4-5H,6-9,20H2,1-3H3,(H,21,23);1H. The van der Waals surface area contributed by atoms with E-state index in [1.807, 2.05) is 0 Å². The zero-order chi connectivity index (χ0) is 19.2. The van der Waals surface area contributed by atoms with Gasteiger partial charge in [0.15, 0.2) is 6.61 Å². The molecule has 26 heavy (non-hydrogen) atoms. The molecule has 0 spiro atoms. The van der Waals surface area contributed by atoms with Crippen molar-refractivity contribution in [1.29, 1.82) is 0 Å². The fourth-order valence-corrected chi connectivity index (χ4v) is 2.26. The van der Waals surface area contributed by atoms with Crippen LogP contribution in [0, 0.1) is 13.8 Å². The molecule has 0 heterocycles. The van der Waals surface area contributed by atoms with E-state index in [0.29, 0.717) is 11.1 Å². The van der Waals surface area contributed by atoms with Gasteiger partial charge in [-0.25, -0.2) is 0 Å².